The number of hydrogen-bond acceptors (Lipinski definition) is 4. The molecule has 1 aromatic rings. The molecule has 0 aliphatic heterocycles. The first kappa shape index (κ1) is 12.1. The smallest absolute Gasteiger partial charge is 0.237 e. The van der Waals surface area contributed by atoms with Gasteiger partial charge >= 0.3 is 0 Å². The topological polar surface area (TPSA) is 68.0 Å². The zero-order valence-electron chi connectivity index (χ0n) is 9.23. The Kier molecular flexibility index (Phi) is 4.23. The lowest BCUT2D eigenvalue weighted by Gasteiger charge is -2.18. The van der Waals surface area contributed by atoms with Crippen molar-refractivity contribution in [3.8, 4) is 0 Å². The van der Waals surface area contributed by atoms with Gasteiger partial charge in [-0.2, -0.15) is 0 Å². The van der Waals surface area contributed by atoms with Gasteiger partial charge in [-0.25, -0.2) is 4.98 Å². The molecule has 3 N–H and O–H groups in total. The Balaban J connectivity index is 2.52. The molecule has 1 unspecified atom stereocenters. The molecule has 0 fully saturated rings. The van der Waals surface area contributed by atoms with E-state index in [2.05, 4.69) is 10.3 Å². The Labute approximate surface area is 93.9 Å². The molecule has 0 radical (unpaired) electrons. The molecule has 15 heavy (non-hydrogen) atoms. The molecule has 1 rings (SSSR count). The van der Waals surface area contributed by atoms with E-state index in [1.165, 1.54) is 11.3 Å². The van der Waals surface area contributed by atoms with Gasteiger partial charge in [0, 0.05) is 11.6 Å². The molecule has 2 atom stereocenters. The van der Waals surface area contributed by atoms with Crippen molar-refractivity contribution < 1.29 is 4.79 Å². The maximum Gasteiger partial charge on any atom is 0.237 e. The highest BCUT2D eigenvalue weighted by Gasteiger charge is 2.20. The number of carbonyl (C=O) groups is 1. The second-order valence-corrected chi connectivity index (χ2v) is 4.80. The standard InChI is InChI=1S/C10H17N3OS/c1-6(2)8(11)9(14)13-7(3)10-12-4-5-15-10/h4-8H,11H2,1-3H3,(H,13,14)/t7?,8-/m1/s1. The van der Waals surface area contributed by atoms with Gasteiger partial charge in [0.15, 0.2) is 0 Å². The van der Waals surface area contributed by atoms with Crippen LogP contribution in [0.4, 0.5) is 0 Å². The molecule has 0 aromatic carbocycles. The monoisotopic (exact) mass is 227 g/mol. The number of nitrogens with one attached hydrogen (secondary N) is 1. The number of aromatic nitrogens is 1. The maximum absolute atomic E-state index is 11.6. The summed E-state index contributed by atoms with van der Waals surface area (Å²) in [4.78, 5) is 15.8. The minimum Gasteiger partial charge on any atom is -0.346 e. The second-order valence-electron chi connectivity index (χ2n) is 3.87. The van der Waals surface area contributed by atoms with Gasteiger partial charge in [-0.15, -0.1) is 11.3 Å². The normalized spacial score (nSPS) is 15.0. The highest BCUT2D eigenvalue weighted by molar-refractivity contribution is 7.09. The molecule has 84 valence electrons. The highest BCUT2D eigenvalue weighted by Crippen LogP contribution is 2.14. The van der Waals surface area contributed by atoms with Crippen LogP contribution in [0.25, 0.3) is 0 Å². The van der Waals surface area contributed by atoms with Gasteiger partial charge < -0.3 is 11.1 Å². The van der Waals surface area contributed by atoms with Crippen molar-refractivity contribution in [1.29, 1.82) is 0 Å². The predicted molar refractivity (Wildman–Crippen MR) is 61.5 cm³/mol. The Morgan fingerprint density at radius 2 is 2.20 bits per heavy atom. The first-order valence-corrected chi connectivity index (χ1v) is 5.85. The number of thiazole rings is 1. The van der Waals surface area contributed by atoms with E-state index in [1.807, 2.05) is 26.2 Å². The van der Waals surface area contributed by atoms with E-state index < -0.39 is 6.04 Å². The molecule has 1 amide bonds. The van der Waals surface area contributed by atoms with Crippen molar-refractivity contribution in [1.82, 2.24) is 10.3 Å². The van der Waals surface area contributed by atoms with Crippen LogP contribution in [0.5, 0.6) is 0 Å². The van der Waals surface area contributed by atoms with E-state index in [9.17, 15) is 4.79 Å². The summed E-state index contributed by atoms with van der Waals surface area (Å²) in [5.74, 6) is 0.0289. The predicted octanol–water partition coefficient (Wildman–Crippen LogP) is 1.30. The van der Waals surface area contributed by atoms with Crippen LogP contribution >= 0.6 is 11.3 Å². The van der Waals surface area contributed by atoms with Gasteiger partial charge in [0.1, 0.15) is 5.01 Å². The van der Waals surface area contributed by atoms with Crippen molar-refractivity contribution in [3.05, 3.63) is 16.6 Å². The van der Waals surface area contributed by atoms with Gasteiger partial charge in [0.05, 0.1) is 12.1 Å². The number of amides is 1. The van der Waals surface area contributed by atoms with Crippen LogP contribution in [0.2, 0.25) is 0 Å². The Bertz CT molecular complexity index is 310. The summed E-state index contributed by atoms with van der Waals surface area (Å²) in [6.07, 6.45) is 1.73. The van der Waals surface area contributed by atoms with Gasteiger partial charge in [0.2, 0.25) is 5.91 Å². The summed E-state index contributed by atoms with van der Waals surface area (Å²) in [6.45, 7) is 5.76. The zero-order valence-corrected chi connectivity index (χ0v) is 10.0. The zero-order chi connectivity index (χ0) is 11.4. The van der Waals surface area contributed by atoms with Crippen molar-refractivity contribution in [2.45, 2.75) is 32.9 Å². The third kappa shape index (κ3) is 3.28. The lowest BCUT2D eigenvalue weighted by Crippen LogP contribution is -2.44. The third-order valence-corrected chi connectivity index (χ3v) is 3.16. The molecular weight excluding hydrogens is 210 g/mol. The van der Waals surface area contributed by atoms with Crippen molar-refractivity contribution in [2.24, 2.45) is 11.7 Å². The van der Waals surface area contributed by atoms with Crippen molar-refractivity contribution >= 4 is 17.2 Å². The highest BCUT2D eigenvalue weighted by atomic mass is 32.1. The van der Waals surface area contributed by atoms with E-state index >= 15 is 0 Å². The van der Waals surface area contributed by atoms with E-state index in [0.29, 0.717) is 0 Å². The molecule has 1 heterocycles. The summed E-state index contributed by atoms with van der Waals surface area (Å²) in [6, 6.07) is -0.519. The molecule has 0 aliphatic rings. The molecule has 0 bridgehead atoms. The molecule has 0 saturated carbocycles. The maximum atomic E-state index is 11.6. The van der Waals surface area contributed by atoms with Crippen molar-refractivity contribution in [2.75, 3.05) is 0 Å². The minimum atomic E-state index is -0.451. The lowest BCUT2D eigenvalue weighted by molar-refractivity contribution is -0.123. The fourth-order valence-corrected chi connectivity index (χ4v) is 1.77. The molecule has 5 heteroatoms. The van der Waals surface area contributed by atoms with Gasteiger partial charge in [-0.3, -0.25) is 4.79 Å². The van der Waals surface area contributed by atoms with E-state index in [0.717, 1.165) is 5.01 Å². The summed E-state index contributed by atoms with van der Waals surface area (Å²) < 4.78 is 0. The van der Waals surface area contributed by atoms with Gasteiger partial charge in [-0.05, 0) is 12.8 Å². The molecule has 0 saturated heterocycles. The largest absolute Gasteiger partial charge is 0.346 e. The molecule has 0 spiro atoms. The summed E-state index contributed by atoms with van der Waals surface area (Å²) in [5.41, 5.74) is 5.73. The average molecular weight is 227 g/mol. The number of rotatable bonds is 4. The van der Waals surface area contributed by atoms with Crippen LogP contribution in [0.15, 0.2) is 11.6 Å². The fourth-order valence-electron chi connectivity index (χ4n) is 1.12. The van der Waals surface area contributed by atoms with E-state index in [-0.39, 0.29) is 17.9 Å². The SMILES string of the molecule is CC(NC(=O)[C@H](N)C(C)C)c1nccs1. The molecule has 1 aromatic heterocycles. The first-order valence-electron chi connectivity index (χ1n) is 4.97. The Morgan fingerprint density at radius 1 is 1.53 bits per heavy atom. The van der Waals surface area contributed by atoms with Gasteiger partial charge in [-0.1, -0.05) is 13.8 Å². The number of nitrogens with two attached hydrogens (primary N) is 1. The minimum absolute atomic E-state index is 0.0673. The number of carbonyl (C=O) groups excluding carboxylic acids is 1. The Hall–Kier alpha value is -0.940. The molecular formula is C10H17N3OS. The quantitative estimate of drug-likeness (QED) is 0.814. The number of hydrogen-bond donors (Lipinski definition) is 2. The van der Waals surface area contributed by atoms with Crippen LogP contribution in [-0.4, -0.2) is 16.9 Å². The summed E-state index contributed by atoms with van der Waals surface area (Å²) in [7, 11) is 0. The van der Waals surface area contributed by atoms with Crippen LogP contribution in [0.3, 0.4) is 0 Å². The van der Waals surface area contributed by atoms with Crippen molar-refractivity contribution in [3.63, 3.8) is 0 Å². The van der Waals surface area contributed by atoms with Crippen LogP contribution in [0, 0.1) is 5.92 Å². The summed E-state index contributed by atoms with van der Waals surface area (Å²) >= 11 is 1.53. The van der Waals surface area contributed by atoms with E-state index in [4.69, 9.17) is 5.73 Å². The summed E-state index contributed by atoms with van der Waals surface area (Å²) in [5, 5.41) is 5.64. The van der Waals surface area contributed by atoms with E-state index in [1.54, 1.807) is 6.20 Å². The molecule has 0 aliphatic carbocycles. The van der Waals surface area contributed by atoms with Gasteiger partial charge in [0.25, 0.3) is 0 Å². The second kappa shape index (κ2) is 5.23. The molecule has 4 nitrogen and oxygen atoms in total. The first-order chi connectivity index (χ1) is 7.02. The lowest BCUT2D eigenvalue weighted by atomic mass is 10.0. The fraction of sp³-hybridized carbons (Fsp3) is 0.600. The number of nitrogens with zero attached hydrogens (tertiary/aromatic N) is 1. The third-order valence-electron chi connectivity index (χ3n) is 2.20. The van der Waals surface area contributed by atoms with Crippen LogP contribution in [0.1, 0.15) is 31.8 Å². The Morgan fingerprint density at radius 3 is 2.67 bits per heavy atom. The van der Waals surface area contributed by atoms with Crippen LogP contribution in [-0.2, 0) is 4.79 Å². The van der Waals surface area contributed by atoms with Crippen LogP contribution < -0.4 is 11.1 Å². The average Bonchev–Trinajstić information content (AvgIpc) is 2.68.